The van der Waals surface area contributed by atoms with Gasteiger partial charge in [-0.25, -0.2) is 4.98 Å². The first kappa shape index (κ1) is 19.8. The molecule has 2 aromatic carbocycles. The number of benzene rings is 2. The summed E-state index contributed by atoms with van der Waals surface area (Å²) in [7, 11) is 1.71. The summed E-state index contributed by atoms with van der Waals surface area (Å²) in [5, 5.41) is 3.74. The number of fused-ring (bicyclic) bond motifs is 1. The first-order chi connectivity index (χ1) is 14.3. The van der Waals surface area contributed by atoms with Crippen LogP contribution in [0.3, 0.4) is 0 Å². The zero-order valence-electron chi connectivity index (χ0n) is 17.6. The second kappa shape index (κ2) is 9.31. The Bertz CT molecular complexity index is 910. The highest BCUT2D eigenvalue weighted by Gasteiger charge is 2.21. The summed E-state index contributed by atoms with van der Waals surface area (Å²) < 4.78 is 7.58. The third-order valence-corrected chi connectivity index (χ3v) is 5.90. The van der Waals surface area contributed by atoms with Crippen molar-refractivity contribution < 1.29 is 4.74 Å². The van der Waals surface area contributed by atoms with Crippen molar-refractivity contribution in [3.63, 3.8) is 0 Å². The average Bonchev–Trinajstić information content (AvgIpc) is 3.11. The van der Waals surface area contributed by atoms with Crippen LogP contribution in [0.15, 0.2) is 48.5 Å². The van der Waals surface area contributed by atoms with Gasteiger partial charge in [-0.1, -0.05) is 31.2 Å². The largest absolute Gasteiger partial charge is 0.497 e. The minimum atomic E-state index is 0.500. The highest BCUT2D eigenvalue weighted by molar-refractivity contribution is 5.78. The van der Waals surface area contributed by atoms with Crippen molar-refractivity contribution in [2.75, 3.05) is 32.1 Å². The zero-order chi connectivity index (χ0) is 20.1. The summed E-state index contributed by atoms with van der Waals surface area (Å²) in [6.45, 7) is 6.63. The Morgan fingerprint density at radius 1 is 1.03 bits per heavy atom. The standard InChI is InChI=1S/C24H32N4O/c1-3-15-28-23-7-5-4-6-22(23)26-24(28)25-20-13-17-27(18-14-20)16-12-19-8-10-21(29-2)11-9-19/h4-11,20H,3,12-18H2,1-2H3,(H,25,26). The fourth-order valence-corrected chi connectivity index (χ4v) is 4.20. The Morgan fingerprint density at radius 3 is 2.52 bits per heavy atom. The molecule has 5 nitrogen and oxygen atoms in total. The third-order valence-electron chi connectivity index (χ3n) is 5.90. The van der Waals surface area contributed by atoms with Gasteiger partial charge in [-0.05, 0) is 55.5 Å². The molecule has 1 saturated heterocycles. The lowest BCUT2D eigenvalue weighted by Crippen LogP contribution is -2.40. The topological polar surface area (TPSA) is 42.3 Å². The van der Waals surface area contributed by atoms with E-state index < -0.39 is 0 Å². The van der Waals surface area contributed by atoms with Crippen molar-refractivity contribution in [1.82, 2.24) is 14.5 Å². The number of aryl methyl sites for hydroxylation is 1. The van der Waals surface area contributed by atoms with E-state index >= 15 is 0 Å². The normalized spacial score (nSPS) is 15.7. The van der Waals surface area contributed by atoms with E-state index in [1.165, 1.54) is 11.1 Å². The number of piperidine rings is 1. The smallest absolute Gasteiger partial charge is 0.204 e. The molecule has 5 heteroatoms. The van der Waals surface area contributed by atoms with Gasteiger partial charge in [-0.2, -0.15) is 0 Å². The van der Waals surface area contributed by atoms with Gasteiger partial charge in [-0.15, -0.1) is 0 Å². The van der Waals surface area contributed by atoms with Gasteiger partial charge in [0.1, 0.15) is 5.75 Å². The number of ether oxygens (including phenoxy) is 1. The van der Waals surface area contributed by atoms with Gasteiger partial charge in [-0.3, -0.25) is 0 Å². The van der Waals surface area contributed by atoms with Gasteiger partial charge >= 0.3 is 0 Å². The van der Waals surface area contributed by atoms with E-state index in [1.807, 2.05) is 12.1 Å². The predicted molar refractivity (Wildman–Crippen MR) is 120 cm³/mol. The van der Waals surface area contributed by atoms with Crippen LogP contribution in [-0.4, -0.2) is 47.2 Å². The first-order valence-corrected chi connectivity index (χ1v) is 10.8. The molecule has 0 radical (unpaired) electrons. The molecule has 3 aromatic rings. The van der Waals surface area contributed by atoms with Crippen LogP contribution in [0.5, 0.6) is 5.75 Å². The number of imidazole rings is 1. The van der Waals surface area contributed by atoms with Gasteiger partial charge in [0, 0.05) is 32.2 Å². The summed E-state index contributed by atoms with van der Waals surface area (Å²) >= 11 is 0. The zero-order valence-corrected chi connectivity index (χ0v) is 17.6. The van der Waals surface area contributed by atoms with Crippen LogP contribution < -0.4 is 10.1 Å². The molecule has 0 unspecified atom stereocenters. The lowest BCUT2D eigenvalue weighted by atomic mass is 10.0. The molecule has 0 saturated carbocycles. The molecular weight excluding hydrogens is 360 g/mol. The van der Waals surface area contributed by atoms with E-state index in [0.29, 0.717) is 6.04 Å². The van der Waals surface area contributed by atoms with E-state index in [0.717, 1.165) is 69.1 Å². The Hall–Kier alpha value is -2.53. The van der Waals surface area contributed by atoms with Crippen LogP contribution in [0.25, 0.3) is 11.0 Å². The lowest BCUT2D eigenvalue weighted by molar-refractivity contribution is 0.221. The Labute approximate surface area is 173 Å². The summed E-state index contributed by atoms with van der Waals surface area (Å²) in [6.07, 6.45) is 4.53. The van der Waals surface area contributed by atoms with Gasteiger partial charge < -0.3 is 19.5 Å². The molecule has 0 atom stereocenters. The molecule has 4 rings (SSSR count). The Morgan fingerprint density at radius 2 is 1.79 bits per heavy atom. The molecule has 0 bridgehead atoms. The minimum Gasteiger partial charge on any atom is -0.497 e. The van der Waals surface area contributed by atoms with Crippen molar-refractivity contribution in [1.29, 1.82) is 0 Å². The lowest BCUT2D eigenvalue weighted by Gasteiger charge is -2.32. The van der Waals surface area contributed by atoms with Gasteiger partial charge in [0.15, 0.2) is 0 Å². The summed E-state index contributed by atoms with van der Waals surface area (Å²) in [5.41, 5.74) is 3.69. The van der Waals surface area contributed by atoms with Crippen molar-refractivity contribution in [2.24, 2.45) is 0 Å². The average molecular weight is 393 g/mol. The number of hydrogen-bond acceptors (Lipinski definition) is 4. The van der Waals surface area contributed by atoms with Crippen molar-refractivity contribution >= 4 is 17.0 Å². The van der Waals surface area contributed by atoms with Crippen molar-refractivity contribution in [3.05, 3.63) is 54.1 Å². The molecular formula is C24H32N4O. The summed E-state index contributed by atoms with van der Waals surface area (Å²) in [5.74, 6) is 1.96. The van der Waals surface area contributed by atoms with E-state index in [1.54, 1.807) is 7.11 Å². The number of nitrogens with one attached hydrogen (secondary N) is 1. The third kappa shape index (κ3) is 4.73. The number of nitrogens with zero attached hydrogens (tertiary/aromatic N) is 3. The van der Waals surface area contributed by atoms with Crippen LogP contribution in [0, 0.1) is 0 Å². The number of para-hydroxylation sites is 2. The number of likely N-dealkylation sites (tertiary alicyclic amines) is 1. The van der Waals surface area contributed by atoms with E-state index in [4.69, 9.17) is 9.72 Å². The SMILES string of the molecule is CCCn1c(NC2CCN(CCc3ccc(OC)cc3)CC2)nc2ccccc21. The van der Waals surface area contributed by atoms with Crippen LogP contribution in [0.2, 0.25) is 0 Å². The Balaban J connectivity index is 1.30. The van der Waals surface area contributed by atoms with Crippen LogP contribution in [0.4, 0.5) is 5.95 Å². The van der Waals surface area contributed by atoms with E-state index in [2.05, 4.69) is 58.1 Å². The van der Waals surface area contributed by atoms with Crippen LogP contribution in [0.1, 0.15) is 31.7 Å². The molecule has 1 aromatic heterocycles. The molecule has 29 heavy (non-hydrogen) atoms. The summed E-state index contributed by atoms with van der Waals surface area (Å²) in [4.78, 5) is 7.44. The van der Waals surface area contributed by atoms with E-state index in [9.17, 15) is 0 Å². The molecule has 2 heterocycles. The molecule has 0 spiro atoms. The number of hydrogen-bond donors (Lipinski definition) is 1. The molecule has 1 aliphatic heterocycles. The van der Waals surface area contributed by atoms with Gasteiger partial charge in [0.2, 0.25) is 5.95 Å². The molecule has 154 valence electrons. The minimum absolute atomic E-state index is 0.500. The van der Waals surface area contributed by atoms with Crippen LogP contribution in [-0.2, 0) is 13.0 Å². The fourth-order valence-electron chi connectivity index (χ4n) is 4.20. The van der Waals surface area contributed by atoms with Crippen LogP contribution >= 0.6 is 0 Å². The summed E-state index contributed by atoms with van der Waals surface area (Å²) in [6, 6.07) is 17.4. The quantitative estimate of drug-likeness (QED) is 0.610. The highest BCUT2D eigenvalue weighted by atomic mass is 16.5. The highest BCUT2D eigenvalue weighted by Crippen LogP contribution is 2.23. The maximum atomic E-state index is 5.24. The maximum absolute atomic E-state index is 5.24. The molecule has 1 N–H and O–H groups in total. The van der Waals surface area contributed by atoms with Gasteiger partial charge in [0.05, 0.1) is 18.1 Å². The maximum Gasteiger partial charge on any atom is 0.204 e. The number of methoxy groups -OCH3 is 1. The van der Waals surface area contributed by atoms with Gasteiger partial charge in [0.25, 0.3) is 0 Å². The number of anilines is 1. The molecule has 1 aliphatic rings. The molecule has 0 amide bonds. The number of aromatic nitrogens is 2. The fraction of sp³-hybridized carbons (Fsp3) is 0.458. The second-order valence-electron chi connectivity index (χ2n) is 7.93. The monoisotopic (exact) mass is 392 g/mol. The van der Waals surface area contributed by atoms with Crippen molar-refractivity contribution in [2.45, 2.75) is 45.2 Å². The van der Waals surface area contributed by atoms with E-state index in [-0.39, 0.29) is 0 Å². The predicted octanol–water partition coefficient (Wildman–Crippen LogP) is 4.57. The molecule has 0 aliphatic carbocycles. The first-order valence-electron chi connectivity index (χ1n) is 10.8. The number of rotatable bonds is 8. The Kier molecular flexibility index (Phi) is 6.35. The second-order valence-corrected chi connectivity index (χ2v) is 7.93. The van der Waals surface area contributed by atoms with Crippen molar-refractivity contribution in [3.8, 4) is 5.75 Å². The molecule has 1 fully saturated rings.